The molecule has 1 atom stereocenters. The van der Waals surface area contributed by atoms with Gasteiger partial charge in [-0.15, -0.1) is 0 Å². The van der Waals surface area contributed by atoms with Crippen molar-refractivity contribution in [2.24, 2.45) is 17.6 Å². The fraction of sp³-hybridized carbons (Fsp3) is 0.458. The van der Waals surface area contributed by atoms with Crippen LogP contribution < -0.4 is 10.6 Å². The average molecular weight is 420 g/mol. The number of nitrogens with zero attached hydrogens (tertiary/aromatic N) is 4. The Bertz CT molecular complexity index is 938. The van der Waals surface area contributed by atoms with Gasteiger partial charge in [0.05, 0.1) is 5.92 Å². The molecule has 2 aromatic rings. The lowest BCUT2D eigenvalue weighted by molar-refractivity contribution is -0.121. The summed E-state index contributed by atoms with van der Waals surface area (Å²) in [6.45, 7) is 3.45. The first-order valence-electron chi connectivity index (χ1n) is 11.2. The fourth-order valence-corrected chi connectivity index (χ4v) is 4.51. The van der Waals surface area contributed by atoms with Crippen molar-refractivity contribution in [2.45, 2.75) is 25.2 Å². The van der Waals surface area contributed by atoms with Gasteiger partial charge in [-0.1, -0.05) is 24.3 Å². The minimum atomic E-state index is -0.311. The maximum absolute atomic E-state index is 12.7. The van der Waals surface area contributed by atoms with Gasteiger partial charge in [0.2, 0.25) is 5.91 Å². The number of hydrogen-bond donors (Lipinski definition) is 1. The molecule has 5 rings (SSSR count). The quantitative estimate of drug-likeness (QED) is 0.780. The van der Waals surface area contributed by atoms with E-state index in [1.54, 1.807) is 4.90 Å². The Kier molecular flexibility index (Phi) is 5.26. The zero-order valence-corrected chi connectivity index (χ0v) is 17.7. The Morgan fingerprint density at radius 3 is 2.39 bits per heavy atom. The number of likely N-dealkylation sites (tertiary alicyclic amines) is 2. The van der Waals surface area contributed by atoms with Crippen LogP contribution in [0.5, 0.6) is 0 Å². The maximum Gasteiger partial charge on any atom is 0.320 e. The van der Waals surface area contributed by atoms with Gasteiger partial charge in [0, 0.05) is 50.5 Å². The number of aromatic nitrogens is 1. The number of benzene rings is 1. The van der Waals surface area contributed by atoms with E-state index in [0.717, 1.165) is 18.3 Å². The van der Waals surface area contributed by atoms with Crippen LogP contribution in [-0.4, -0.2) is 59.4 Å². The van der Waals surface area contributed by atoms with Gasteiger partial charge in [0.25, 0.3) is 0 Å². The van der Waals surface area contributed by atoms with Crippen LogP contribution in [0.25, 0.3) is 0 Å². The van der Waals surface area contributed by atoms with Gasteiger partial charge in [-0.2, -0.15) is 0 Å². The molecule has 1 aromatic heterocycles. The largest absolute Gasteiger partial charge is 0.369 e. The van der Waals surface area contributed by atoms with Crippen LogP contribution in [0, 0.1) is 11.8 Å². The number of rotatable bonds is 6. The molecule has 3 heterocycles. The van der Waals surface area contributed by atoms with Gasteiger partial charge in [0.15, 0.2) is 0 Å². The van der Waals surface area contributed by atoms with E-state index in [0.29, 0.717) is 38.5 Å². The predicted octanol–water partition coefficient (Wildman–Crippen LogP) is 2.96. The topological polar surface area (TPSA) is 82.8 Å². The van der Waals surface area contributed by atoms with Crippen LogP contribution in [0.2, 0.25) is 0 Å². The Hall–Kier alpha value is -3.09. The number of pyridine rings is 1. The first-order chi connectivity index (χ1) is 15.1. The molecule has 7 heteroatoms. The molecule has 1 unspecified atom stereocenters. The summed E-state index contributed by atoms with van der Waals surface area (Å²) < 4.78 is 0. The molecule has 31 heavy (non-hydrogen) atoms. The van der Waals surface area contributed by atoms with Crippen molar-refractivity contribution in [1.82, 2.24) is 14.8 Å². The molecule has 1 saturated carbocycles. The molecule has 1 aromatic carbocycles. The lowest BCUT2D eigenvalue weighted by atomic mass is 9.93. The molecule has 2 aliphatic heterocycles. The van der Waals surface area contributed by atoms with Crippen LogP contribution >= 0.6 is 0 Å². The minimum Gasteiger partial charge on any atom is -0.369 e. The fourth-order valence-electron chi connectivity index (χ4n) is 4.51. The average Bonchev–Trinajstić information content (AvgIpc) is 3.43. The highest BCUT2D eigenvalue weighted by molar-refractivity contribution is 5.80. The Balaban J connectivity index is 1.20. The number of urea groups is 1. The molecule has 7 nitrogen and oxygen atoms in total. The molecule has 3 fully saturated rings. The number of carbonyl (C=O) groups excluding carboxylic acids is 2. The summed E-state index contributed by atoms with van der Waals surface area (Å²) in [5.74, 6) is 1.53. The summed E-state index contributed by atoms with van der Waals surface area (Å²) in [6.07, 6.45) is 5.22. The molecular formula is C24H29N5O2. The third-order valence-corrected chi connectivity index (χ3v) is 6.74. The SMILES string of the molecule is NC(=O)C1CCN(C(=O)N2CC(c3ccc(N(CC4CC4)c4ccccc4)nc3)C2)C1. The third kappa shape index (κ3) is 4.22. The van der Waals surface area contributed by atoms with Crippen LogP contribution in [0.1, 0.15) is 30.7 Å². The molecule has 162 valence electrons. The molecule has 2 N–H and O–H groups in total. The van der Waals surface area contributed by atoms with E-state index in [2.05, 4.69) is 41.3 Å². The van der Waals surface area contributed by atoms with Crippen molar-refractivity contribution < 1.29 is 9.59 Å². The normalized spacial score (nSPS) is 21.1. The van der Waals surface area contributed by atoms with Gasteiger partial charge in [-0.25, -0.2) is 9.78 Å². The second-order valence-electron chi connectivity index (χ2n) is 9.06. The molecule has 0 radical (unpaired) electrons. The van der Waals surface area contributed by atoms with E-state index < -0.39 is 0 Å². The van der Waals surface area contributed by atoms with Crippen molar-refractivity contribution >= 4 is 23.4 Å². The minimum absolute atomic E-state index is 0.0178. The lowest BCUT2D eigenvalue weighted by Crippen LogP contribution is -2.53. The van der Waals surface area contributed by atoms with Crippen molar-refractivity contribution in [2.75, 3.05) is 37.6 Å². The second-order valence-corrected chi connectivity index (χ2v) is 9.06. The molecule has 3 amide bonds. The predicted molar refractivity (Wildman–Crippen MR) is 119 cm³/mol. The molecule has 3 aliphatic rings. The summed E-state index contributed by atoms with van der Waals surface area (Å²) in [7, 11) is 0. The summed E-state index contributed by atoms with van der Waals surface area (Å²) in [5, 5.41) is 0. The first-order valence-corrected chi connectivity index (χ1v) is 11.2. The Morgan fingerprint density at radius 2 is 1.77 bits per heavy atom. The van der Waals surface area contributed by atoms with Gasteiger partial charge >= 0.3 is 6.03 Å². The first kappa shape index (κ1) is 19.8. The van der Waals surface area contributed by atoms with Crippen molar-refractivity contribution in [1.29, 1.82) is 0 Å². The van der Waals surface area contributed by atoms with E-state index >= 15 is 0 Å². The summed E-state index contributed by atoms with van der Waals surface area (Å²) in [4.78, 5) is 34.7. The lowest BCUT2D eigenvalue weighted by Gasteiger charge is -2.41. The highest BCUT2D eigenvalue weighted by atomic mass is 16.2. The third-order valence-electron chi connectivity index (χ3n) is 6.74. The van der Waals surface area contributed by atoms with Crippen LogP contribution in [0.4, 0.5) is 16.3 Å². The van der Waals surface area contributed by atoms with E-state index in [1.807, 2.05) is 17.2 Å². The number of nitrogens with two attached hydrogens (primary N) is 1. The highest BCUT2D eigenvalue weighted by Gasteiger charge is 2.38. The Morgan fingerprint density at radius 1 is 1.00 bits per heavy atom. The van der Waals surface area contributed by atoms with Crippen LogP contribution in [-0.2, 0) is 4.79 Å². The zero-order chi connectivity index (χ0) is 21.4. The van der Waals surface area contributed by atoms with E-state index in [1.165, 1.54) is 24.1 Å². The molecular weight excluding hydrogens is 390 g/mol. The van der Waals surface area contributed by atoms with Crippen LogP contribution in [0.15, 0.2) is 48.7 Å². The summed E-state index contributed by atoms with van der Waals surface area (Å²) >= 11 is 0. The molecule has 2 saturated heterocycles. The summed E-state index contributed by atoms with van der Waals surface area (Å²) in [5.41, 5.74) is 7.73. The van der Waals surface area contributed by atoms with Crippen molar-refractivity contribution in [3.8, 4) is 0 Å². The summed E-state index contributed by atoms with van der Waals surface area (Å²) in [6, 6.07) is 14.7. The molecule has 0 bridgehead atoms. The van der Waals surface area contributed by atoms with E-state index in [-0.39, 0.29) is 17.9 Å². The number of primary amides is 1. The van der Waals surface area contributed by atoms with Crippen LogP contribution in [0.3, 0.4) is 0 Å². The maximum atomic E-state index is 12.7. The number of carbonyl (C=O) groups is 2. The van der Waals surface area contributed by atoms with Gasteiger partial charge in [0.1, 0.15) is 5.82 Å². The van der Waals surface area contributed by atoms with Gasteiger partial charge in [-0.3, -0.25) is 4.79 Å². The number of hydrogen-bond acceptors (Lipinski definition) is 4. The van der Waals surface area contributed by atoms with E-state index in [4.69, 9.17) is 10.7 Å². The van der Waals surface area contributed by atoms with Crippen molar-refractivity contribution in [3.63, 3.8) is 0 Å². The number of anilines is 2. The molecule has 1 aliphatic carbocycles. The van der Waals surface area contributed by atoms with Gasteiger partial charge < -0.3 is 20.4 Å². The standard InChI is InChI=1S/C24H29N5O2/c25-23(30)19-10-11-27(14-19)24(31)28-15-20(16-28)18-8-9-22(26-12-18)29(13-17-6-7-17)21-4-2-1-3-5-21/h1-5,8-9,12,17,19-20H,6-7,10-11,13-16H2,(H2,25,30). The van der Waals surface area contributed by atoms with Gasteiger partial charge in [-0.05, 0) is 48.9 Å². The number of para-hydroxylation sites is 1. The second kappa shape index (κ2) is 8.21. The Labute approximate surface area is 182 Å². The molecule has 0 spiro atoms. The van der Waals surface area contributed by atoms with E-state index in [9.17, 15) is 9.59 Å². The monoisotopic (exact) mass is 419 g/mol. The number of amides is 3. The smallest absolute Gasteiger partial charge is 0.320 e. The van der Waals surface area contributed by atoms with Crippen molar-refractivity contribution in [3.05, 3.63) is 54.2 Å². The zero-order valence-electron chi connectivity index (χ0n) is 17.7. The highest BCUT2D eigenvalue weighted by Crippen LogP contribution is 2.35.